The van der Waals surface area contributed by atoms with E-state index in [-0.39, 0.29) is 12.0 Å². The van der Waals surface area contributed by atoms with Crippen molar-refractivity contribution in [2.75, 3.05) is 6.61 Å². The van der Waals surface area contributed by atoms with Gasteiger partial charge in [0.15, 0.2) is 6.29 Å². The van der Waals surface area contributed by atoms with E-state index in [2.05, 4.69) is 10.1 Å². The quantitative estimate of drug-likeness (QED) is 0.934. The van der Waals surface area contributed by atoms with Crippen LogP contribution >= 0.6 is 0 Å². The Hall–Kier alpha value is -1.92. The zero-order valence-electron chi connectivity index (χ0n) is 12.0. The van der Waals surface area contributed by atoms with Crippen LogP contribution in [-0.4, -0.2) is 32.8 Å². The summed E-state index contributed by atoms with van der Waals surface area (Å²) in [4.78, 5) is 4.23. The third-order valence-electron chi connectivity index (χ3n) is 3.63. The summed E-state index contributed by atoms with van der Waals surface area (Å²) in [7, 11) is 1.88. The second-order valence-corrected chi connectivity index (χ2v) is 5.14. The van der Waals surface area contributed by atoms with Crippen LogP contribution < -0.4 is 0 Å². The Balaban J connectivity index is 1.75. The molecule has 1 aliphatic rings. The molecule has 1 aliphatic heterocycles. The van der Waals surface area contributed by atoms with E-state index in [1.807, 2.05) is 7.05 Å². The predicted molar refractivity (Wildman–Crippen MR) is 76.5 cm³/mol. The molecule has 0 amide bonds. The smallest absolute Gasteiger partial charge is 0.158 e. The predicted octanol–water partition coefficient (Wildman–Crippen LogP) is 2.23. The van der Waals surface area contributed by atoms with E-state index in [0.29, 0.717) is 6.61 Å². The van der Waals surface area contributed by atoms with Gasteiger partial charge in [0, 0.05) is 19.2 Å². The molecule has 1 atom stereocenters. The summed E-state index contributed by atoms with van der Waals surface area (Å²) in [6, 6.07) is 3.39. The van der Waals surface area contributed by atoms with Crippen LogP contribution in [0.15, 0.2) is 24.5 Å². The maximum atomic E-state index is 9.33. The van der Waals surface area contributed by atoms with Crippen molar-refractivity contribution in [2.24, 2.45) is 7.05 Å². The van der Waals surface area contributed by atoms with Crippen molar-refractivity contribution in [3.8, 4) is 17.0 Å². The number of rotatable bonds is 4. The van der Waals surface area contributed by atoms with Gasteiger partial charge in [-0.3, -0.25) is 9.67 Å². The largest absolute Gasteiger partial charge is 0.506 e. The fourth-order valence-electron chi connectivity index (χ4n) is 2.41. The van der Waals surface area contributed by atoms with E-state index < -0.39 is 0 Å². The van der Waals surface area contributed by atoms with Crippen LogP contribution in [0.5, 0.6) is 5.75 Å². The first-order valence-corrected chi connectivity index (χ1v) is 7.13. The number of aromatic nitrogens is 3. The highest BCUT2D eigenvalue weighted by molar-refractivity contribution is 5.61. The van der Waals surface area contributed by atoms with E-state index >= 15 is 0 Å². The molecule has 0 radical (unpaired) electrons. The summed E-state index contributed by atoms with van der Waals surface area (Å²) in [6.07, 6.45) is 6.24. The topological polar surface area (TPSA) is 69.4 Å². The minimum Gasteiger partial charge on any atom is -0.506 e. The number of ether oxygens (including phenoxy) is 2. The number of nitrogens with zero attached hydrogens (tertiary/aromatic N) is 3. The van der Waals surface area contributed by atoms with Gasteiger partial charge in [0.25, 0.3) is 0 Å². The number of hydrogen-bond donors (Lipinski definition) is 1. The number of aromatic hydroxyl groups is 1. The van der Waals surface area contributed by atoms with E-state index in [1.54, 1.807) is 23.0 Å². The molecule has 21 heavy (non-hydrogen) atoms. The van der Waals surface area contributed by atoms with Crippen molar-refractivity contribution in [3.05, 3.63) is 30.2 Å². The number of hydrogen-bond acceptors (Lipinski definition) is 5. The molecule has 6 heteroatoms. The van der Waals surface area contributed by atoms with Crippen molar-refractivity contribution in [2.45, 2.75) is 32.2 Å². The number of aryl methyl sites for hydroxylation is 1. The molecule has 6 nitrogen and oxygen atoms in total. The lowest BCUT2D eigenvalue weighted by Crippen LogP contribution is -2.22. The molecular weight excluding hydrogens is 270 g/mol. The Labute approximate surface area is 123 Å². The standard InChI is InChI=1S/C15H19N3O3/c1-18-14(10-21-15-4-2-3-7-20-15)12(9-17-18)13-6-5-11(19)8-16-13/h5-6,8-9,15,19H,2-4,7,10H2,1H3. The monoisotopic (exact) mass is 289 g/mol. The van der Waals surface area contributed by atoms with Crippen LogP contribution in [0, 0.1) is 0 Å². The molecule has 1 N–H and O–H groups in total. The minimum atomic E-state index is -0.130. The summed E-state index contributed by atoms with van der Waals surface area (Å²) < 4.78 is 13.2. The Morgan fingerprint density at radius 3 is 3.00 bits per heavy atom. The summed E-state index contributed by atoms with van der Waals surface area (Å²) in [5.41, 5.74) is 2.62. The highest BCUT2D eigenvalue weighted by Crippen LogP contribution is 2.24. The summed E-state index contributed by atoms with van der Waals surface area (Å²) >= 11 is 0. The molecule has 112 valence electrons. The molecule has 0 spiro atoms. The molecule has 0 aromatic carbocycles. The molecular formula is C15H19N3O3. The molecule has 2 aromatic heterocycles. The maximum Gasteiger partial charge on any atom is 0.158 e. The molecule has 1 saturated heterocycles. The highest BCUT2D eigenvalue weighted by Gasteiger charge is 2.17. The van der Waals surface area contributed by atoms with E-state index in [0.717, 1.165) is 42.8 Å². The first-order valence-electron chi connectivity index (χ1n) is 7.13. The van der Waals surface area contributed by atoms with Gasteiger partial charge in [0.05, 0.1) is 30.4 Å². The average molecular weight is 289 g/mol. The normalized spacial score (nSPS) is 18.8. The van der Waals surface area contributed by atoms with Gasteiger partial charge in [0.1, 0.15) is 5.75 Å². The van der Waals surface area contributed by atoms with Gasteiger partial charge >= 0.3 is 0 Å². The first-order chi connectivity index (χ1) is 10.2. The SMILES string of the molecule is Cn1ncc(-c2ccc(O)cn2)c1COC1CCCCO1. The zero-order valence-corrected chi connectivity index (χ0v) is 12.0. The summed E-state index contributed by atoms with van der Waals surface area (Å²) in [6.45, 7) is 1.20. The van der Waals surface area contributed by atoms with Gasteiger partial charge < -0.3 is 14.6 Å². The average Bonchev–Trinajstić information content (AvgIpc) is 2.88. The van der Waals surface area contributed by atoms with Crippen LogP contribution in [0.4, 0.5) is 0 Å². The lowest BCUT2D eigenvalue weighted by molar-refractivity contribution is -0.169. The fourth-order valence-corrected chi connectivity index (χ4v) is 2.41. The third kappa shape index (κ3) is 3.22. The van der Waals surface area contributed by atoms with E-state index in [9.17, 15) is 5.11 Å². The third-order valence-corrected chi connectivity index (χ3v) is 3.63. The molecule has 0 saturated carbocycles. The second-order valence-electron chi connectivity index (χ2n) is 5.14. The van der Waals surface area contributed by atoms with Gasteiger partial charge in [-0.05, 0) is 31.4 Å². The summed E-state index contributed by atoms with van der Waals surface area (Å²) in [5, 5.41) is 13.6. The Bertz CT molecular complexity index is 589. The molecule has 0 bridgehead atoms. The zero-order chi connectivity index (χ0) is 14.7. The Morgan fingerprint density at radius 2 is 2.29 bits per heavy atom. The van der Waals surface area contributed by atoms with Crippen molar-refractivity contribution in [1.29, 1.82) is 0 Å². The van der Waals surface area contributed by atoms with Crippen molar-refractivity contribution < 1.29 is 14.6 Å². The molecule has 3 rings (SSSR count). The number of pyridine rings is 1. The van der Waals surface area contributed by atoms with Crippen LogP contribution in [0.25, 0.3) is 11.3 Å². The van der Waals surface area contributed by atoms with Crippen molar-refractivity contribution in [3.63, 3.8) is 0 Å². The Kier molecular flexibility index (Phi) is 4.17. The van der Waals surface area contributed by atoms with Gasteiger partial charge in [0.2, 0.25) is 0 Å². The van der Waals surface area contributed by atoms with Crippen LogP contribution in [-0.2, 0) is 23.1 Å². The first kappa shape index (κ1) is 14.0. The molecule has 1 fully saturated rings. The lowest BCUT2D eigenvalue weighted by atomic mass is 10.1. The molecule has 1 unspecified atom stereocenters. The minimum absolute atomic E-state index is 0.130. The lowest BCUT2D eigenvalue weighted by Gasteiger charge is -2.22. The molecule has 3 heterocycles. The van der Waals surface area contributed by atoms with Gasteiger partial charge in [-0.1, -0.05) is 0 Å². The van der Waals surface area contributed by atoms with E-state index in [1.165, 1.54) is 6.20 Å². The fraction of sp³-hybridized carbons (Fsp3) is 0.467. The van der Waals surface area contributed by atoms with Crippen LogP contribution in [0.1, 0.15) is 25.0 Å². The van der Waals surface area contributed by atoms with Crippen LogP contribution in [0.3, 0.4) is 0 Å². The molecule has 2 aromatic rings. The van der Waals surface area contributed by atoms with Gasteiger partial charge in [-0.2, -0.15) is 5.10 Å². The second kappa shape index (κ2) is 6.24. The summed E-state index contributed by atoms with van der Waals surface area (Å²) in [5.74, 6) is 0.149. The van der Waals surface area contributed by atoms with Crippen molar-refractivity contribution >= 4 is 0 Å². The van der Waals surface area contributed by atoms with Crippen LogP contribution in [0.2, 0.25) is 0 Å². The van der Waals surface area contributed by atoms with Crippen molar-refractivity contribution in [1.82, 2.24) is 14.8 Å². The highest BCUT2D eigenvalue weighted by atomic mass is 16.7. The van der Waals surface area contributed by atoms with Gasteiger partial charge in [-0.15, -0.1) is 0 Å². The van der Waals surface area contributed by atoms with Gasteiger partial charge in [-0.25, -0.2) is 0 Å². The Morgan fingerprint density at radius 1 is 1.38 bits per heavy atom. The van der Waals surface area contributed by atoms with E-state index in [4.69, 9.17) is 9.47 Å². The maximum absolute atomic E-state index is 9.33. The molecule has 0 aliphatic carbocycles.